The lowest BCUT2D eigenvalue weighted by molar-refractivity contribution is 0.00578. The maximum absolute atomic E-state index is 12.6. The highest BCUT2D eigenvalue weighted by Crippen LogP contribution is 2.40. The zero-order valence-corrected chi connectivity index (χ0v) is 18.4. The Labute approximate surface area is 174 Å². The Bertz CT molecular complexity index is 967. The van der Waals surface area contributed by atoms with E-state index in [1.165, 1.54) is 0 Å². The summed E-state index contributed by atoms with van der Waals surface area (Å²) in [6, 6.07) is 16.5. The van der Waals surface area contributed by atoms with Crippen LogP contribution in [0.5, 0.6) is 0 Å². The first-order valence-electron chi connectivity index (χ1n) is 9.69. The molecule has 154 valence electrons. The molecule has 0 bridgehead atoms. The molecule has 0 atom stereocenters. The van der Waals surface area contributed by atoms with Gasteiger partial charge in [-0.3, -0.25) is 0 Å². The van der Waals surface area contributed by atoms with Gasteiger partial charge in [-0.2, -0.15) is 0 Å². The highest BCUT2D eigenvalue weighted by Gasteiger charge is 2.52. The summed E-state index contributed by atoms with van der Waals surface area (Å²) in [6.07, 6.45) is 1.82. The Kier molecular flexibility index (Phi) is 6.06. The van der Waals surface area contributed by atoms with Crippen LogP contribution in [0.3, 0.4) is 0 Å². The van der Waals surface area contributed by atoms with Gasteiger partial charge in [-0.25, -0.2) is 13.1 Å². The molecule has 1 N–H and O–H groups in total. The Morgan fingerprint density at radius 2 is 1.52 bits per heavy atom. The zero-order chi connectivity index (χ0) is 21.3. The highest BCUT2D eigenvalue weighted by atomic mass is 32.2. The number of aryl methyl sites for hydroxylation is 1. The van der Waals surface area contributed by atoms with Crippen LogP contribution in [0.15, 0.2) is 65.6 Å². The molecule has 2 aromatic rings. The fraction of sp³-hybridized carbons (Fsp3) is 0.364. The van der Waals surface area contributed by atoms with Gasteiger partial charge < -0.3 is 9.31 Å². The van der Waals surface area contributed by atoms with E-state index < -0.39 is 28.3 Å². The summed E-state index contributed by atoms with van der Waals surface area (Å²) in [5.41, 5.74) is 1.78. The van der Waals surface area contributed by atoms with Gasteiger partial charge in [-0.1, -0.05) is 54.1 Å². The van der Waals surface area contributed by atoms with Crippen molar-refractivity contribution in [2.45, 2.75) is 50.7 Å². The molecule has 7 heteroatoms. The van der Waals surface area contributed by atoms with E-state index in [4.69, 9.17) is 9.31 Å². The van der Waals surface area contributed by atoms with Gasteiger partial charge >= 0.3 is 7.12 Å². The Balaban J connectivity index is 1.84. The average Bonchev–Trinajstić information content (AvgIpc) is 2.87. The van der Waals surface area contributed by atoms with Gasteiger partial charge in [0.15, 0.2) is 0 Å². The molecule has 0 aromatic heterocycles. The van der Waals surface area contributed by atoms with Crippen molar-refractivity contribution in [3.8, 4) is 0 Å². The average molecular weight is 413 g/mol. The summed E-state index contributed by atoms with van der Waals surface area (Å²) in [4.78, 5) is 0.244. The quantitative estimate of drug-likeness (QED) is 0.728. The number of hydrogen-bond acceptors (Lipinski definition) is 4. The lowest BCUT2D eigenvalue weighted by atomic mass is 9.74. The summed E-state index contributed by atoms with van der Waals surface area (Å²) in [6.45, 7) is 10.0. The molecule has 1 saturated heterocycles. The molecule has 1 fully saturated rings. The molecule has 0 saturated carbocycles. The predicted molar refractivity (Wildman–Crippen MR) is 117 cm³/mol. The van der Waals surface area contributed by atoms with Crippen LogP contribution in [-0.2, 0) is 19.3 Å². The third kappa shape index (κ3) is 4.81. The molecule has 3 rings (SSSR count). The molecule has 0 aliphatic carbocycles. The Morgan fingerprint density at radius 3 is 2.07 bits per heavy atom. The largest absolute Gasteiger partial charge is 0.495 e. The van der Waals surface area contributed by atoms with Crippen molar-refractivity contribution < 1.29 is 17.7 Å². The molecule has 1 aliphatic heterocycles. The first kappa shape index (κ1) is 21.8. The third-order valence-electron chi connectivity index (χ3n) is 5.54. The summed E-state index contributed by atoms with van der Waals surface area (Å²) in [7, 11) is -4.18. The van der Waals surface area contributed by atoms with E-state index in [0.29, 0.717) is 0 Å². The number of sulfonamides is 1. The SMILES string of the molecule is Cc1ccc(S(=O)(=O)NC/C=C(/B2OC(C)(C)C(C)(C)O2)c2ccccc2)cc1. The van der Waals surface area contributed by atoms with Crippen LogP contribution in [0.25, 0.3) is 5.47 Å². The van der Waals surface area contributed by atoms with E-state index in [0.717, 1.165) is 16.6 Å². The molecular formula is C22H28BNO4S. The lowest BCUT2D eigenvalue weighted by Gasteiger charge is -2.32. The smallest absolute Gasteiger partial charge is 0.399 e. The minimum atomic E-state index is -3.60. The van der Waals surface area contributed by atoms with Crippen LogP contribution in [-0.4, -0.2) is 33.3 Å². The van der Waals surface area contributed by atoms with Gasteiger partial charge in [0.25, 0.3) is 0 Å². The number of benzene rings is 2. The molecule has 0 amide bonds. The van der Waals surface area contributed by atoms with Crippen LogP contribution in [0.2, 0.25) is 0 Å². The van der Waals surface area contributed by atoms with Crippen molar-refractivity contribution in [3.05, 3.63) is 71.8 Å². The van der Waals surface area contributed by atoms with E-state index in [1.807, 2.05) is 71.0 Å². The lowest BCUT2D eigenvalue weighted by Crippen LogP contribution is -2.41. The van der Waals surface area contributed by atoms with Crippen molar-refractivity contribution in [2.75, 3.05) is 6.54 Å². The molecule has 1 aliphatic rings. The van der Waals surface area contributed by atoms with E-state index in [9.17, 15) is 8.42 Å². The van der Waals surface area contributed by atoms with Crippen LogP contribution >= 0.6 is 0 Å². The summed E-state index contributed by atoms with van der Waals surface area (Å²) in [5, 5.41) is 0. The number of rotatable bonds is 6. The molecule has 0 spiro atoms. The molecule has 5 nitrogen and oxygen atoms in total. The third-order valence-corrected chi connectivity index (χ3v) is 6.98. The molecule has 2 aromatic carbocycles. The van der Waals surface area contributed by atoms with E-state index in [2.05, 4.69) is 4.72 Å². The van der Waals surface area contributed by atoms with Crippen molar-refractivity contribution in [1.29, 1.82) is 0 Å². The maximum Gasteiger partial charge on any atom is 0.495 e. The van der Waals surface area contributed by atoms with Crippen molar-refractivity contribution in [3.63, 3.8) is 0 Å². The fourth-order valence-corrected chi connectivity index (χ4v) is 3.98. The van der Waals surface area contributed by atoms with Gasteiger partial charge in [0.05, 0.1) is 16.1 Å². The summed E-state index contributed by atoms with van der Waals surface area (Å²) >= 11 is 0. The monoisotopic (exact) mass is 413 g/mol. The highest BCUT2D eigenvalue weighted by molar-refractivity contribution is 7.89. The summed E-state index contributed by atoms with van der Waals surface area (Å²) < 4.78 is 40.2. The van der Waals surface area contributed by atoms with E-state index >= 15 is 0 Å². The maximum atomic E-state index is 12.6. The Hall–Kier alpha value is -1.93. The first-order chi connectivity index (χ1) is 13.5. The Morgan fingerprint density at radius 1 is 0.966 bits per heavy atom. The number of hydrogen-bond donors (Lipinski definition) is 1. The molecule has 29 heavy (non-hydrogen) atoms. The van der Waals surface area contributed by atoms with E-state index in [1.54, 1.807) is 24.3 Å². The molecule has 0 unspecified atom stereocenters. The van der Waals surface area contributed by atoms with Gasteiger partial charge in [-0.05, 0) is 57.8 Å². The standard InChI is InChI=1S/C22H28BNO4S/c1-17-11-13-19(14-12-17)29(25,26)24-16-15-20(18-9-7-6-8-10-18)23-27-21(2,3)22(4,5)28-23/h6-15,24H,16H2,1-5H3/b20-15+. The second-order valence-corrected chi connectivity index (χ2v) is 10.0. The molecular weight excluding hydrogens is 385 g/mol. The minimum absolute atomic E-state index is 0.129. The van der Waals surface area contributed by atoms with Crippen LogP contribution in [0.1, 0.15) is 38.8 Å². The second-order valence-electron chi connectivity index (χ2n) is 8.28. The van der Waals surface area contributed by atoms with Gasteiger partial charge in [0.1, 0.15) is 0 Å². The predicted octanol–water partition coefficient (Wildman–Crippen LogP) is 3.99. The molecule has 0 radical (unpaired) electrons. The van der Waals surface area contributed by atoms with Crippen LogP contribution < -0.4 is 4.72 Å². The van der Waals surface area contributed by atoms with Gasteiger partial charge in [0.2, 0.25) is 10.0 Å². The first-order valence-corrected chi connectivity index (χ1v) is 11.2. The van der Waals surface area contributed by atoms with Gasteiger partial charge in [-0.15, -0.1) is 0 Å². The zero-order valence-electron chi connectivity index (χ0n) is 17.6. The van der Waals surface area contributed by atoms with Crippen molar-refractivity contribution >= 4 is 22.6 Å². The summed E-state index contributed by atoms with van der Waals surface area (Å²) in [5.74, 6) is 0. The number of nitrogens with one attached hydrogen (secondary N) is 1. The second kappa shape index (κ2) is 8.07. The topological polar surface area (TPSA) is 64.6 Å². The van der Waals surface area contributed by atoms with Crippen molar-refractivity contribution in [2.24, 2.45) is 0 Å². The normalized spacial score (nSPS) is 18.8. The fourth-order valence-electron chi connectivity index (χ4n) is 3.01. The van der Waals surface area contributed by atoms with Crippen LogP contribution in [0.4, 0.5) is 0 Å². The molecule has 1 heterocycles. The minimum Gasteiger partial charge on any atom is -0.399 e. The van der Waals surface area contributed by atoms with Gasteiger partial charge in [0, 0.05) is 6.54 Å². The van der Waals surface area contributed by atoms with E-state index in [-0.39, 0.29) is 11.4 Å². The van der Waals surface area contributed by atoms with Crippen LogP contribution in [0, 0.1) is 6.92 Å². The van der Waals surface area contributed by atoms with Crippen molar-refractivity contribution in [1.82, 2.24) is 4.72 Å².